The lowest BCUT2D eigenvalue weighted by Crippen LogP contribution is -2.41. The van der Waals surface area contributed by atoms with Gasteiger partial charge in [0, 0.05) is 52.0 Å². The van der Waals surface area contributed by atoms with Gasteiger partial charge in [-0.05, 0) is 51.1 Å². The van der Waals surface area contributed by atoms with E-state index in [4.69, 9.17) is 9.97 Å². The van der Waals surface area contributed by atoms with E-state index in [0.29, 0.717) is 19.5 Å². The number of piperidine rings is 2. The molecule has 2 fully saturated rings. The van der Waals surface area contributed by atoms with E-state index in [2.05, 4.69) is 17.1 Å². The lowest BCUT2D eigenvalue weighted by atomic mass is 9.99. The zero-order chi connectivity index (χ0) is 22.7. The predicted molar refractivity (Wildman–Crippen MR) is 124 cm³/mol. The Hall–Kier alpha value is -2.22. The fourth-order valence-electron chi connectivity index (χ4n) is 5.28. The summed E-state index contributed by atoms with van der Waals surface area (Å²) in [6.07, 6.45) is 6.81. The topological polar surface area (TPSA) is 81.7 Å². The third kappa shape index (κ3) is 5.05. The summed E-state index contributed by atoms with van der Waals surface area (Å²) in [4.78, 5) is 41.1. The summed E-state index contributed by atoms with van der Waals surface area (Å²) in [6.45, 7) is 9.04. The van der Waals surface area contributed by atoms with Crippen molar-refractivity contribution in [2.75, 3.05) is 45.1 Å². The maximum atomic E-state index is 12.9. The molecule has 0 unspecified atom stereocenters. The molecule has 32 heavy (non-hydrogen) atoms. The van der Waals surface area contributed by atoms with Crippen LogP contribution in [0.15, 0.2) is 0 Å². The van der Waals surface area contributed by atoms with Crippen molar-refractivity contribution in [2.45, 2.75) is 71.4 Å². The first-order valence-corrected chi connectivity index (χ1v) is 12.3. The van der Waals surface area contributed by atoms with E-state index in [1.54, 1.807) is 6.92 Å². The van der Waals surface area contributed by atoms with E-state index in [1.165, 1.54) is 12.8 Å². The molecule has 0 radical (unpaired) electrons. The molecule has 0 spiro atoms. The summed E-state index contributed by atoms with van der Waals surface area (Å²) >= 11 is 0. The van der Waals surface area contributed by atoms with Crippen LogP contribution < -0.4 is 5.32 Å². The minimum atomic E-state index is -0.0504. The molecule has 0 aliphatic carbocycles. The molecule has 4 heterocycles. The van der Waals surface area contributed by atoms with Gasteiger partial charge in [-0.2, -0.15) is 0 Å². The second kappa shape index (κ2) is 10.1. The van der Waals surface area contributed by atoms with Crippen LogP contribution in [0.5, 0.6) is 0 Å². The van der Waals surface area contributed by atoms with Gasteiger partial charge in [0.1, 0.15) is 5.82 Å². The molecule has 2 saturated heterocycles. The van der Waals surface area contributed by atoms with E-state index >= 15 is 0 Å². The van der Waals surface area contributed by atoms with Crippen molar-refractivity contribution in [1.29, 1.82) is 0 Å². The number of hydrogen-bond acceptors (Lipinski definition) is 6. The molecule has 4 rings (SSSR count). The average Bonchev–Trinajstić information content (AvgIpc) is 2.82. The monoisotopic (exact) mass is 442 g/mol. The van der Waals surface area contributed by atoms with Gasteiger partial charge in [-0.3, -0.25) is 9.59 Å². The second-order valence-electron chi connectivity index (χ2n) is 9.67. The van der Waals surface area contributed by atoms with Crippen molar-refractivity contribution in [1.82, 2.24) is 24.7 Å². The molecule has 3 aliphatic rings. The molecule has 1 aromatic heterocycles. The highest BCUT2D eigenvalue weighted by Crippen LogP contribution is 2.32. The van der Waals surface area contributed by atoms with Gasteiger partial charge in [-0.15, -0.1) is 0 Å². The molecule has 8 heteroatoms. The normalized spacial score (nSPS) is 22.5. The largest absolute Gasteiger partial charge is 0.373 e. The highest BCUT2D eigenvalue weighted by molar-refractivity contribution is 5.77. The van der Waals surface area contributed by atoms with Crippen LogP contribution in [-0.4, -0.2) is 76.3 Å². The van der Waals surface area contributed by atoms with E-state index < -0.39 is 0 Å². The van der Waals surface area contributed by atoms with Crippen molar-refractivity contribution in [2.24, 2.45) is 5.92 Å². The van der Waals surface area contributed by atoms with E-state index in [9.17, 15) is 9.59 Å². The molecule has 8 nitrogen and oxygen atoms in total. The van der Waals surface area contributed by atoms with Gasteiger partial charge >= 0.3 is 0 Å². The average molecular weight is 443 g/mol. The van der Waals surface area contributed by atoms with Crippen LogP contribution in [0.4, 0.5) is 5.82 Å². The molecule has 1 aromatic rings. The predicted octanol–water partition coefficient (Wildman–Crippen LogP) is 2.60. The van der Waals surface area contributed by atoms with E-state index in [0.717, 1.165) is 80.7 Å². The molecular formula is C24H38N6O2. The molecule has 2 amide bonds. The summed E-state index contributed by atoms with van der Waals surface area (Å²) in [5.41, 5.74) is 2.04. The van der Waals surface area contributed by atoms with Gasteiger partial charge in [-0.25, -0.2) is 9.97 Å². The third-order valence-electron chi connectivity index (χ3n) is 7.39. The smallest absolute Gasteiger partial charge is 0.224 e. The molecular weight excluding hydrogens is 404 g/mol. The standard InChI is InChI=1S/C24H38N6O2/c1-17-7-12-28(13-8-17)14-10-22(32)29-15-9-20-19(16-29)23(25-3)27-24(26-20)21-6-4-5-11-30(21)18(2)31/h17,21H,4-16H2,1-3H3,(H,25,26,27)/t21-/m0/s1. The number of nitrogens with zero attached hydrogens (tertiary/aromatic N) is 5. The number of carbonyl (C=O) groups is 2. The summed E-state index contributed by atoms with van der Waals surface area (Å²) < 4.78 is 0. The van der Waals surface area contributed by atoms with Crippen molar-refractivity contribution in [3.8, 4) is 0 Å². The van der Waals surface area contributed by atoms with Crippen molar-refractivity contribution < 1.29 is 9.59 Å². The Bertz CT molecular complexity index is 819. The van der Waals surface area contributed by atoms with Gasteiger partial charge in [0.25, 0.3) is 0 Å². The maximum absolute atomic E-state index is 12.9. The number of fused-ring (bicyclic) bond motifs is 1. The highest BCUT2D eigenvalue weighted by atomic mass is 16.2. The van der Waals surface area contributed by atoms with Gasteiger partial charge in [0.15, 0.2) is 5.82 Å². The van der Waals surface area contributed by atoms with Crippen LogP contribution in [0, 0.1) is 5.92 Å². The van der Waals surface area contributed by atoms with Crippen LogP contribution in [-0.2, 0) is 22.6 Å². The van der Waals surface area contributed by atoms with E-state index in [-0.39, 0.29) is 17.9 Å². The van der Waals surface area contributed by atoms with Crippen molar-refractivity contribution >= 4 is 17.6 Å². The van der Waals surface area contributed by atoms with Gasteiger partial charge < -0.3 is 20.0 Å². The first-order chi connectivity index (χ1) is 15.5. The molecule has 0 saturated carbocycles. The van der Waals surface area contributed by atoms with Crippen LogP contribution >= 0.6 is 0 Å². The lowest BCUT2D eigenvalue weighted by Gasteiger charge is -2.35. The second-order valence-corrected chi connectivity index (χ2v) is 9.67. The Balaban J connectivity index is 1.44. The van der Waals surface area contributed by atoms with Gasteiger partial charge in [0.05, 0.1) is 18.3 Å². The minimum absolute atomic E-state index is 0.0504. The van der Waals surface area contributed by atoms with Crippen LogP contribution in [0.3, 0.4) is 0 Å². The first kappa shape index (κ1) is 23.0. The summed E-state index contributed by atoms with van der Waals surface area (Å²) in [7, 11) is 1.87. The first-order valence-electron chi connectivity index (χ1n) is 12.3. The number of amides is 2. The van der Waals surface area contributed by atoms with Crippen molar-refractivity contribution in [3.05, 3.63) is 17.1 Å². The Morgan fingerprint density at radius 1 is 1.06 bits per heavy atom. The minimum Gasteiger partial charge on any atom is -0.373 e. The SMILES string of the molecule is CNc1nc([C@@H]2CCCCN2C(C)=O)nc2c1CN(C(=O)CCN1CCC(C)CC1)CC2. The summed E-state index contributed by atoms with van der Waals surface area (Å²) in [6, 6.07) is -0.0504. The number of anilines is 1. The fraction of sp³-hybridized carbons (Fsp3) is 0.750. The van der Waals surface area contributed by atoms with Crippen LogP contribution in [0.25, 0.3) is 0 Å². The van der Waals surface area contributed by atoms with E-state index in [1.807, 2.05) is 16.8 Å². The molecule has 0 aromatic carbocycles. The molecule has 1 atom stereocenters. The molecule has 0 bridgehead atoms. The quantitative estimate of drug-likeness (QED) is 0.755. The number of likely N-dealkylation sites (tertiary alicyclic amines) is 2. The summed E-state index contributed by atoms with van der Waals surface area (Å²) in [5.74, 6) is 2.64. The Labute approximate surface area is 191 Å². The number of nitrogens with one attached hydrogen (secondary N) is 1. The Kier molecular flexibility index (Phi) is 7.28. The van der Waals surface area contributed by atoms with Gasteiger partial charge in [-0.1, -0.05) is 6.92 Å². The van der Waals surface area contributed by atoms with Gasteiger partial charge in [0.2, 0.25) is 11.8 Å². The molecule has 1 N–H and O–H groups in total. The molecule has 176 valence electrons. The maximum Gasteiger partial charge on any atom is 0.224 e. The zero-order valence-electron chi connectivity index (χ0n) is 19.9. The zero-order valence-corrected chi connectivity index (χ0v) is 19.9. The van der Waals surface area contributed by atoms with Crippen molar-refractivity contribution in [3.63, 3.8) is 0 Å². The van der Waals surface area contributed by atoms with Crippen LogP contribution in [0.2, 0.25) is 0 Å². The number of hydrogen-bond donors (Lipinski definition) is 1. The third-order valence-corrected chi connectivity index (χ3v) is 7.39. The molecule has 3 aliphatic heterocycles. The highest BCUT2D eigenvalue weighted by Gasteiger charge is 2.31. The fourth-order valence-corrected chi connectivity index (χ4v) is 5.28. The number of carbonyl (C=O) groups excluding carboxylic acids is 2. The lowest BCUT2D eigenvalue weighted by molar-refractivity contribution is -0.133. The number of aromatic nitrogens is 2. The Morgan fingerprint density at radius 3 is 2.56 bits per heavy atom. The van der Waals surface area contributed by atoms with Crippen LogP contribution in [0.1, 0.15) is 75.5 Å². The Morgan fingerprint density at radius 2 is 1.84 bits per heavy atom. The summed E-state index contributed by atoms with van der Waals surface area (Å²) in [5, 5.41) is 3.23. The number of rotatable bonds is 5.